The Bertz CT molecular complexity index is 1560. The van der Waals surface area contributed by atoms with E-state index in [4.69, 9.17) is 4.74 Å². The van der Waals surface area contributed by atoms with E-state index in [1.165, 1.54) is 11.8 Å². The van der Waals surface area contributed by atoms with Crippen molar-refractivity contribution in [1.82, 2.24) is 31.6 Å². The van der Waals surface area contributed by atoms with Crippen LogP contribution < -0.4 is 26.6 Å². The van der Waals surface area contributed by atoms with Crippen LogP contribution >= 0.6 is 11.8 Å². The van der Waals surface area contributed by atoms with Gasteiger partial charge >= 0.3 is 12.1 Å². The van der Waals surface area contributed by atoms with Crippen molar-refractivity contribution in [3.8, 4) is 0 Å². The minimum absolute atomic E-state index is 0.0804. The Hall–Kier alpha value is -5.05. The van der Waals surface area contributed by atoms with Gasteiger partial charge in [0.1, 0.15) is 17.7 Å². The second-order valence-electron chi connectivity index (χ2n) is 11.9. The van der Waals surface area contributed by atoms with Gasteiger partial charge in [-0.2, -0.15) is 11.8 Å². The number of aliphatic carboxylic acids is 1. The molecule has 1 heterocycles. The molecule has 3 rings (SSSR count). The lowest BCUT2D eigenvalue weighted by Gasteiger charge is -2.23. The monoisotopic (exact) mass is 682 g/mol. The van der Waals surface area contributed by atoms with Crippen LogP contribution in [0.3, 0.4) is 0 Å². The van der Waals surface area contributed by atoms with Crippen molar-refractivity contribution in [3.63, 3.8) is 0 Å². The van der Waals surface area contributed by atoms with Crippen LogP contribution in [-0.2, 0) is 35.1 Å². The van der Waals surface area contributed by atoms with Crippen molar-refractivity contribution in [2.75, 3.05) is 25.1 Å². The fourth-order valence-corrected chi connectivity index (χ4v) is 5.01. The van der Waals surface area contributed by atoms with Crippen molar-refractivity contribution in [2.45, 2.75) is 57.3 Å². The van der Waals surface area contributed by atoms with E-state index in [9.17, 15) is 33.9 Å². The number of benzene rings is 2. The maximum absolute atomic E-state index is 13.2. The van der Waals surface area contributed by atoms with Crippen molar-refractivity contribution < 1.29 is 38.6 Å². The summed E-state index contributed by atoms with van der Waals surface area (Å²) in [6.45, 7) is 4.00. The average Bonchev–Trinajstić information content (AvgIpc) is 3.46. The number of amides is 5. The fourth-order valence-electron chi connectivity index (χ4n) is 4.54. The van der Waals surface area contributed by atoms with Crippen molar-refractivity contribution >= 4 is 58.4 Å². The standard InChI is InChI=1S/C33H42N6O8S/c1-33(2,3)47-32(46)39-28(24-17-21-12-8-9-13-22(21)36-24)30(43)35-18-26(40)34-19-27(41)37-25(16-20-10-6-5-7-11-20)29(42)38-23(31(44)45)14-15-48-4/h5-13,17,23,25,28,36H,14-16,18-19H2,1-4H3,(H,34,40)(H,35,43)(H,37,41)(H,38,42)(H,39,46)(H,44,45)/t23-,25-,28-/m0/s1. The van der Waals surface area contributed by atoms with Crippen LogP contribution in [0.25, 0.3) is 10.9 Å². The first kappa shape index (κ1) is 37.4. The van der Waals surface area contributed by atoms with E-state index in [0.29, 0.717) is 11.4 Å². The molecule has 0 spiro atoms. The third-order valence-corrected chi connectivity index (χ3v) is 7.46. The second-order valence-corrected chi connectivity index (χ2v) is 12.9. The number of para-hydroxylation sites is 1. The van der Waals surface area contributed by atoms with Gasteiger partial charge in [-0.1, -0.05) is 48.5 Å². The summed E-state index contributed by atoms with van der Waals surface area (Å²) in [6, 6.07) is 14.4. The number of thioether (sulfide) groups is 1. The molecule has 0 aliphatic rings. The van der Waals surface area contributed by atoms with Crippen molar-refractivity contribution in [2.24, 2.45) is 0 Å². The van der Waals surface area contributed by atoms with Gasteiger partial charge in [0.15, 0.2) is 6.04 Å². The van der Waals surface area contributed by atoms with Crippen LogP contribution in [0.1, 0.15) is 44.5 Å². The summed E-state index contributed by atoms with van der Waals surface area (Å²) < 4.78 is 5.31. The number of rotatable bonds is 16. The first-order valence-electron chi connectivity index (χ1n) is 15.2. The largest absolute Gasteiger partial charge is 0.480 e. The van der Waals surface area contributed by atoms with Gasteiger partial charge in [-0.25, -0.2) is 9.59 Å². The Morgan fingerprint density at radius 1 is 0.833 bits per heavy atom. The van der Waals surface area contributed by atoms with Gasteiger partial charge in [0.2, 0.25) is 23.6 Å². The third-order valence-electron chi connectivity index (χ3n) is 6.81. The normalized spacial score (nSPS) is 13.0. The summed E-state index contributed by atoms with van der Waals surface area (Å²) in [7, 11) is 0. The molecule has 5 amide bonds. The molecule has 15 heteroatoms. The number of ether oxygens (including phenoxy) is 1. The summed E-state index contributed by atoms with van der Waals surface area (Å²) >= 11 is 1.44. The molecular formula is C33H42N6O8S. The van der Waals surface area contributed by atoms with Crippen LogP contribution in [0.2, 0.25) is 0 Å². The zero-order chi connectivity index (χ0) is 35.3. The van der Waals surface area contributed by atoms with E-state index in [1.54, 1.807) is 57.2 Å². The van der Waals surface area contributed by atoms with Crippen LogP contribution in [0, 0.1) is 0 Å². The van der Waals surface area contributed by atoms with Gasteiger partial charge in [0, 0.05) is 17.6 Å². The van der Waals surface area contributed by atoms with E-state index < -0.39 is 72.5 Å². The highest BCUT2D eigenvalue weighted by atomic mass is 32.2. The second kappa shape index (κ2) is 17.8. The SMILES string of the molecule is CSCC[C@H](NC(=O)[C@H](Cc1ccccc1)NC(=O)CNC(=O)CNC(=O)[C@@H](NC(=O)OC(C)(C)C)c1cc2ccccc2[nH]1)C(=O)O. The van der Waals surface area contributed by atoms with Crippen molar-refractivity contribution in [1.29, 1.82) is 0 Å². The summed E-state index contributed by atoms with van der Waals surface area (Å²) in [5.41, 5.74) is 1.00. The molecule has 0 bridgehead atoms. The number of nitrogens with one attached hydrogen (secondary N) is 6. The van der Waals surface area contributed by atoms with E-state index in [1.807, 2.05) is 30.5 Å². The predicted molar refractivity (Wildman–Crippen MR) is 181 cm³/mol. The summed E-state index contributed by atoms with van der Waals surface area (Å²) in [5.74, 6) is -3.48. The molecule has 0 saturated carbocycles. The summed E-state index contributed by atoms with van der Waals surface area (Å²) in [6.07, 6.45) is 1.26. The molecule has 1 aromatic heterocycles. The zero-order valence-corrected chi connectivity index (χ0v) is 28.1. The highest BCUT2D eigenvalue weighted by Crippen LogP contribution is 2.21. The summed E-state index contributed by atoms with van der Waals surface area (Å²) in [5, 5.41) is 22.8. The Balaban J connectivity index is 1.61. The van der Waals surface area contributed by atoms with E-state index >= 15 is 0 Å². The molecule has 0 aliphatic heterocycles. The molecule has 3 aromatic rings. The maximum Gasteiger partial charge on any atom is 0.408 e. The number of carboxylic acid groups (broad SMARTS) is 1. The lowest BCUT2D eigenvalue weighted by atomic mass is 10.0. The van der Waals surface area contributed by atoms with Crippen molar-refractivity contribution in [3.05, 3.63) is 71.9 Å². The number of hydrogen-bond acceptors (Lipinski definition) is 8. The van der Waals surface area contributed by atoms with E-state index in [2.05, 4.69) is 31.6 Å². The highest BCUT2D eigenvalue weighted by Gasteiger charge is 2.29. The molecule has 14 nitrogen and oxygen atoms in total. The molecule has 0 unspecified atom stereocenters. The average molecular weight is 683 g/mol. The number of aromatic nitrogens is 1. The highest BCUT2D eigenvalue weighted by molar-refractivity contribution is 7.98. The van der Waals surface area contributed by atoms with Crippen LogP contribution in [0.15, 0.2) is 60.7 Å². The Kier molecular flexibility index (Phi) is 13.8. The molecule has 0 saturated heterocycles. The Morgan fingerprint density at radius 2 is 1.50 bits per heavy atom. The number of carbonyl (C=O) groups excluding carboxylic acids is 5. The van der Waals surface area contributed by atoms with Gasteiger partial charge in [-0.3, -0.25) is 19.2 Å². The number of aromatic amines is 1. The molecule has 7 N–H and O–H groups in total. The van der Waals surface area contributed by atoms with Gasteiger partial charge in [-0.15, -0.1) is 0 Å². The Morgan fingerprint density at radius 3 is 2.15 bits per heavy atom. The molecule has 0 aliphatic carbocycles. The first-order chi connectivity index (χ1) is 22.8. The number of fused-ring (bicyclic) bond motifs is 1. The molecule has 48 heavy (non-hydrogen) atoms. The number of carboxylic acids is 1. The molecule has 2 aromatic carbocycles. The van der Waals surface area contributed by atoms with Gasteiger partial charge < -0.3 is 41.4 Å². The minimum Gasteiger partial charge on any atom is -0.480 e. The molecule has 0 radical (unpaired) electrons. The van der Waals surface area contributed by atoms with Crippen LogP contribution in [-0.4, -0.2) is 88.6 Å². The molecule has 258 valence electrons. The van der Waals surface area contributed by atoms with Gasteiger partial charge in [0.05, 0.1) is 13.1 Å². The minimum atomic E-state index is -1.23. The summed E-state index contributed by atoms with van der Waals surface area (Å²) in [4.78, 5) is 79.1. The van der Waals surface area contributed by atoms with Crippen LogP contribution in [0.5, 0.6) is 0 Å². The van der Waals surface area contributed by atoms with E-state index in [-0.39, 0.29) is 12.8 Å². The fraction of sp³-hybridized carbons (Fsp3) is 0.394. The topological polar surface area (TPSA) is 208 Å². The third kappa shape index (κ3) is 12.3. The Labute approximate surface area is 282 Å². The smallest absolute Gasteiger partial charge is 0.408 e. The van der Waals surface area contributed by atoms with Gasteiger partial charge in [0.25, 0.3) is 0 Å². The van der Waals surface area contributed by atoms with Gasteiger partial charge in [-0.05, 0) is 62.3 Å². The molecular weight excluding hydrogens is 640 g/mol. The van der Waals surface area contributed by atoms with Crippen LogP contribution in [0.4, 0.5) is 4.79 Å². The lowest BCUT2D eigenvalue weighted by molar-refractivity contribution is -0.142. The maximum atomic E-state index is 13.2. The number of alkyl carbamates (subject to hydrolysis) is 1. The molecule has 3 atom stereocenters. The number of carbonyl (C=O) groups is 6. The van der Waals surface area contributed by atoms with E-state index in [0.717, 1.165) is 16.5 Å². The molecule has 0 fully saturated rings. The number of hydrogen-bond donors (Lipinski definition) is 7. The predicted octanol–water partition coefficient (Wildman–Crippen LogP) is 2.02. The number of H-pyrrole nitrogens is 1. The first-order valence-corrected chi connectivity index (χ1v) is 16.6. The lowest BCUT2D eigenvalue weighted by Crippen LogP contribution is -2.54. The zero-order valence-electron chi connectivity index (χ0n) is 27.3. The quantitative estimate of drug-likeness (QED) is 0.118.